The van der Waals surface area contributed by atoms with Crippen molar-refractivity contribution in [3.63, 3.8) is 0 Å². The smallest absolute Gasteiger partial charge is 0.337 e. The Kier molecular flexibility index (Phi) is 8.12. The molecule has 0 saturated carbocycles. The number of ether oxygens (including phenoxy) is 4. The Morgan fingerprint density at radius 2 is 1.86 bits per heavy atom. The quantitative estimate of drug-likeness (QED) is 0.310. The first kappa shape index (κ1) is 29.7. The molecular weight excluding hydrogens is 537 g/mol. The summed E-state index contributed by atoms with van der Waals surface area (Å²) in [5.41, 5.74) is 6.76. The highest BCUT2D eigenvalue weighted by molar-refractivity contribution is 5.88. The molecule has 0 spiro atoms. The molecule has 0 aromatic heterocycles. The standard InChI is InChI=1S/C34H40FNO6/c1-19-15-27-24(12-13-36(27)18-21-16-22(39-6)10-11-28(21)40-7)30(29(19)32(33(37)38)42-34(3,4)5)25-17-26(35)31-23(20(25)2)9-8-14-41-31/h10-11,15-17,32H,8-9,12-14,18H2,1-7H3,(H,37,38)/t32-/m0/s1. The van der Waals surface area contributed by atoms with Crippen LogP contribution < -0.4 is 19.1 Å². The Hall–Kier alpha value is -3.78. The van der Waals surface area contributed by atoms with E-state index >= 15 is 4.39 Å². The van der Waals surface area contributed by atoms with Crippen molar-refractivity contribution in [1.29, 1.82) is 0 Å². The zero-order valence-corrected chi connectivity index (χ0v) is 25.5. The van der Waals surface area contributed by atoms with E-state index in [1.807, 2.05) is 58.9 Å². The molecule has 224 valence electrons. The molecular formula is C34H40FNO6. The first-order valence-corrected chi connectivity index (χ1v) is 14.4. The molecule has 3 aromatic rings. The maximum atomic E-state index is 15.6. The van der Waals surface area contributed by atoms with Crippen molar-refractivity contribution in [2.75, 3.05) is 32.3 Å². The summed E-state index contributed by atoms with van der Waals surface area (Å²) >= 11 is 0. The maximum Gasteiger partial charge on any atom is 0.337 e. The van der Waals surface area contributed by atoms with Gasteiger partial charge in [0.1, 0.15) is 11.5 Å². The second-order valence-corrected chi connectivity index (χ2v) is 12.1. The number of aryl methyl sites for hydroxylation is 1. The fourth-order valence-corrected chi connectivity index (χ4v) is 6.28. The largest absolute Gasteiger partial charge is 0.497 e. The summed E-state index contributed by atoms with van der Waals surface area (Å²) in [4.78, 5) is 15.0. The van der Waals surface area contributed by atoms with Gasteiger partial charge in [0.05, 0.1) is 26.4 Å². The first-order valence-electron chi connectivity index (χ1n) is 14.4. The number of carboxylic acids is 1. The number of carbonyl (C=O) groups is 1. The molecule has 8 heteroatoms. The van der Waals surface area contributed by atoms with E-state index in [9.17, 15) is 9.90 Å². The molecule has 5 rings (SSSR count). The third-order valence-corrected chi connectivity index (χ3v) is 8.14. The monoisotopic (exact) mass is 577 g/mol. The normalized spacial score (nSPS) is 15.1. The lowest BCUT2D eigenvalue weighted by atomic mass is 9.83. The summed E-state index contributed by atoms with van der Waals surface area (Å²) in [7, 11) is 3.29. The van der Waals surface area contributed by atoms with Crippen molar-refractivity contribution in [1.82, 2.24) is 0 Å². The third kappa shape index (κ3) is 5.52. The topological polar surface area (TPSA) is 77.5 Å². The molecule has 0 fully saturated rings. The molecule has 0 unspecified atom stereocenters. The molecule has 0 radical (unpaired) electrons. The molecule has 7 nitrogen and oxygen atoms in total. The minimum atomic E-state index is -1.23. The summed E-state index contributed by atoms with van der Waals surface area (Å²) in [6.45, 7) is 11.2. The summed E-state index contributed by atoms with van der Waals surface area (Å²) in [5, 5.41) is 10.4. The van der Waals surface area contributed by atoms with E-state index in [4.69, 9.17) is 18.9 Å². The average Bonchev–Trinajstić information content (AvgIpc) is 3.34. The molecule has 42 heavy (non-hydrogen) atoms. The minimum Gasteiger partial charge on any atom is -0.497 e. The van der Waals surface area contributed by atoms with Gasteiger partial charge in [-0.15, -0.1) is 0 Å². The molecule has 0 amide bonds. The van der Waals surface area contributed by atoms with Crippen LogP contribution in [-0.4, -0.2) is 44.0 Å². The molecule has 1 N–H and O–H groups in total. The van der Waals surface area contributed by atoms with E-state index in [-0.39, 0.29) is 0 Å². The third-order valence-electron chi connectivity index (χ3n) is 8.14. The van der Waals surface area contributed by atoms with Crippen LogP contribution in [0.25, 0.3) is 11.1 Å². The van der Waals surface area contributed by atoms with Gasteiger partial charge in [-0.25, -0.2) is 9.18 Å². The molecule has 0 bridgehead atoms. The van der Waals surface area contributed by atoms with Gasteiger partial charge in [-0.3, -0.25) is 0 Å². The fourth-order valence-electron chi connectivity index (χ4n) is 6.28. The number of methoxy groups -OCH3 is 2. The number of benzene rings is 3. The Morgan fingerprint density at radius 3 is 2.52 bits per heavy atom. The number of halogens is 1. The van der Waals surface area contributed by atoms with Crippen LogP contribution >= 0.6 is 0 Å². The van der Waals surface area contributed by atoms with E-state index < -0.39 is 23.5 Å². The lowest BCUT2D eigenvalue weighted by Gasteiger charge is -2.31. The predicted octanol–water partition coefficient (Wildman–Crippen LogP) is 6.96. The molecule has 3 aromatic carbocycles. The average molecular weight is 578 g/mol. The van der Waals surface area contributed by atoms with E-state index in [1.54, 1.807) is 14.2 Å². The zero-order valence-electron chi connectivity index (χ0n) is 25.5. The van der Waals surface area contributed by atoms with Gasteiger partial charge in [-0.1, -0.05) is 0 Å². The second-order valence-electron chi connectivity index (χ2n) is 12.1. The van der Waals surface area contributed by atoms with Crippen LogP contribution in [0.2, 0.25) is 0 Å². The van der Waals surface area contributed by atoms with E-state index in [1.165, 1.54) is 6.07 Å². The van der Waals surface area contributed by atoms with E-state index in [2.05, 4.69) is 4.90 Å². The highest BCUT2D eigenvalue weighted by atomic mass is 19.1. The highest BCUT2D eigenvalue weighted by Crippen LogP contribution is 2.48. The SMILES string of the molecule is COc1ccc(OC)c(CN2CCc3c2cc(C)c([C@H](OC(C)(C)C)C(=O)O)c3-c2cc(F)c3c(c2C)CCCO3)c1. The number of hydrogen-bond donors (Lipinski definition) is 1. The number of anilines is 1. The van der Waals surface area contributed by atoms with Crippen molar-refractivity contribution >= 4 is 11.7 Å². The van der Waals surface area contributed by atoms with Crippen molar-refractivity contribution in [2.45, 2.75) is 72.1 Å². The van der Waals surface area contributed by atoms with Gasteiger partial charge in [-0.2, -0.15) is 0 Å². The summed E-state index contributed by atoms with van der Waals surface area (Å²) in [5.74, 6) is 0.301. The van der Waals surface area contributed by atoms with E-state index in [0.29, 0.717) is 49.4 Å². The van der Waals surface area contributed by atoms with Gasteiger partial charge in [0, 0.05) is 35.5 Å². The van der Waals surface area contributed by atoms with Crippen molar-refractivity contribution in [2.24, 2.45) is 0 Å². The van der Waals surface area contributed by atoms with Crippen molar-refractivity contribution in [3.8, 4) is 28.4 Å². The summed E-state index contributed by atoms with van der Waals surface area (Å²) in [6, 6.07) is 9.30. The van der Waals surface area contributed by atoms with Gasteiger partial charge in [0.25, 0.3) is 0 Å². The summed E-state index contributed by atoms with van der Waals surface area (Å²) in [6.07, 6.45) is 0.947. The number of nitrogens with zero attached hydrogens (tertiary/aromatic N) is 1. The number of carboxylic acid groups (broad SMARTS) is 1. The van der Waals surface area contributed by atoms with Crippen LogP contribution in [0.3, 0.4) is 0 Å². The van der Waals surface area contributed by atoms with Crippen molar-refractivity contribution in [3.05, 3.63) is 69.5 Å². The van der Waals surface area contributed by atoms with Gasteiger partial charge in [0.2, 0.25) is 0 Å². The van der Waals surface area contributed by atoms with Crippen molar-refractivity contribution < 1.29 is 33.2 Å². The molecule has 0 aliphatic carbocycles. The Bertz CT molecular complexity index is 1530. The van der Waals surface area contributed by atoms with Gasteiger partial charge in [0.15, 0.2) is 17.7 Å². The summed E-state index contributed by atoms with van der Waals surface area (Å²) < 4.78 is 38.7. The first-order chi connectivity index (χ1) is 19.9. The maximum absolute atomic E-state index is 15.6. The molecule has 1 atom stereocenters. The van der Waals surface area contributed by atoms with Crippen LogP contribution in [0.1, 0.15) is 66.7 Å². The van der Waals surface area contributed by atoms with Crippen LogP contribution in [0, 0.1) is 19.7 Å². The Labute approximate surface area is 247 Å². The number of hydrogen-bond acceptors (Lipinski definition) is 6. The lowest BCUT2D eigenvalue weighted by molar-refractivity contribution is -0.160. The Morgan fingerprint density at radius 1 is 1.10 bits per heavy atom. The van der Waals surface area contributed by atoms with Crippen LogP contribution in [-0.2, 0) is 28.9 Å². The van der Waals surface area contributed by atoms with Crippen LogP contribution in [0.4, 0.5) is 10.1 Å². The van der Waals surface area contributed by atoms with Crippen LogP contribution in [0.15, 0.2) is 30.3 Å². The number of fused-ring (bicyclic) bond motifs is 2. The zero-order chi connectivity index (χ0) is 30.3. The highest BCUT2D eigenvalue weighted by Gasteiger charge is 2.36. The predicted molar refractivity (Wildman–Crippen MR) is 161 cm³/mol. The molecule has 2 aliphatic rings. The minimum absolute atomic E-state index is 0.306. The van der Waals surface area contributed by atoms with Crippen LogP contribution in [0.5, 0.6) is 17.2 Å². The van der Waals surface area contributed by atoms with Gasteiger partial charge in [-0.05, 0) is 112 Å². The van der Waals surface area contributed by atoms with Gasteiger partial charge < -0.3 is 29.0 Å². The lowest BCUT2D eigenvalue weighted by Crippen LogP contribution is -2.28. The second kappa shape index (κ2) is 11.5. The molecule has 2 aliphatic heterocycles. The fraction of sp³-hybridized carbons (Fsp3) is 0.441. The van der Waals surface area contributed by atoms with E-state index in [0.717, 1.165) is 57.0 Å². The number of aliphatic carboxylic acids is 1. The van der Waals surface area contributed by atoms with Gasteiger partial charge >= 0.3 is 5.97 Å². The molecule has 2 heterocycles. The molecule has 0 saturated heterocycles. The number of rotatable bonds is 8. The Balaban J connectivity index is 1.73.